The minimum absolute atomic E-state index is 0.0329. The monoisotopic (exact) mass is 449 g/mol. The van der Waals surface area contributed by atoms with Gasteiger partial charge in [-0.3, -0.25) is 9.69 Å². The second-order valence-electron chi connectivity index (χ2n) is 7.73. The van der Waals surface area contributed by atoms with Crippen LogP contribution in [0.15, 0.2) is 12.1 Å². The second kappa shape index (κ2) is 8.19. The molecule has 1 unspecified atom stereocenters. The Morgan fingerprint density at radius 2 is 1.85 bits per heavy atom. The van der Waals surface area contributed by atoms with Crippen molar-refractivity contribution < 1.29 is 22.4 Å². The van der Waals surface area contributed by atoms with Crippen LogP contribution in [0.1, 0.15) is 59.5 Å². The maximum atomic E-state index is 14.3. The van der Waals surface area contributed by atoms with Crippen LogP contribution < -0.4 is 0 Å². The van der Waals surface area contributed by atoms with E-state index in [1.54, 1.807) is 13.0 Å². The molecule has 1 atom stereocenters. The normalized spacial score (nSPS) is 21.1. The molecule has 3 rings (SSSR count). The molecule has 1 saturated carbocycles. The molecule has 2 nitrogen and oxygen atoms in total. The average Bonchev–Trinajstić information content (AvgIpc) is 2.54. The molecule has 27 heavy (non-hydrogen) atoms. The first-order valence-corrected chi connectivity index (χ1v) is 10.3. The number of hydrogen-bond donors (Lipinski definition) is 0. The minimum atomic E-state index is -4.21. The molecular formula is C20H24BrF4NO. The van der Waals surface area contributed by atoms with Gasteiger partial charge in [-0.2, -0.15) is 13.2 Å². The molecule has 0 N–H and O–H groups in total. The fraction of sp³-hybridized carbons (Fsp3) is 0.650. The zero-order chi connectivity index (χ0) is 19.8. The van der Waals surface area contributed by atoms with Crippen LogP contribution in [0.4, 0.5) is 17.6 Å². The Balaban J connectivity index is 1.80. The lowest BCUT2D eigenvalue weighted by molar-refractivity contribution is -0.148. The van der Waals surface area contributed by atoms with E-state index >= 15 is 0 Å². The van der Waals surface area contributed by atoms with Crippen LogP contribution in [-0.2, 0) is 4.79 Å². The number of halogens is 5. The van der Waals surface area contributed by atoms with Crippen LogP contribution in [0, 0.1) is 18.7 Å². The second-order valence-corrected chi connectivity index (χ2v) is 8.65. The summed E-state index contributed by atoms with van der Waals surface area (Å²) in [6.45, 7) is 1.44. The van der Waals surface area contributed by atoms with E-state index in [1.807, 2.05) is 0 Å². The number of rotatable bonds is 5. The number of piperidine rings is 1. The van der Waals surface area contributed by atoms with Crippen LogP contribution in [0.3, 0.4) is 0 Å². The van der Waals surface area contributed by atoms with E-state index in [0.29, 0.717) is 31.5 Å². The number of benzene rings is 1. The lowest BCUT2D eigenvalue weighted by Gasteiger charge is -2.35. The number of nitrogens with zero attached hydrogens (tertiary/aromatic N) is 1. The topological polar surface area (TPSA) is 20.3 Å². The van der Waals surface area contributed by atoms with Gasteiger partial charge in [-0.15, -0.1) is 0 Å². The molecule has 7 heteroatoms. The number of carbonyl (C=O) groups excluding carboxylic acids is 1. The van der Waals surface area contributed by atoms with Crippen LogP contribution in [0.25, 0.3) is 0 Å². The molecule has 1 heterocycles. The van der Waals surface area contributed by atoms with Gasteiger partial charge in [-0.25, -0.2) is 4.39 Å². The predicted molar refractivity (Wildman–Crippen MR) is 99.6 cm³/mol. The molecule has 0 radical (unpaired) electrons. The van der Waals surface area contributed by atoms with Gasteiger partial charge in [-0.1, -0.05) is 28.4 Å². The van der Waals surface area contributed by atoms with Crippen LogP contribution >= 0.6 is 15.9 Å². The van der Waals surface area contributed by atoms with Gasteiger partial charge in [0.05, 0.1) is 11.4 Å². The molecule has 0 bridgehead atoms. The Morgan fingerprint density at radius 3 is 2.37 bits per heavy atom. The standard InChI is InChI=1S/C20H24BrF4NO/c1-12-16(22)6-5-15(18(21)19(27)14-3-2-4-14)17(12)13-7-9-26(10-8-13)11-20(23,24)25/h5-6,13-14,18H,2-4,7-11H2,1H3. The summed E-state index contributed by atoms with van der Waals surface area (Å²) in [6.07, 6.45) is -0.292. The molecule has 2 fully saturated rings. The van der Waals surface area contributed by atoms with Crippen molar-refractivity contribution in [3.05, 3.63) is 34.6 Å². The fourth-order valence-electron chi connectivity index (χ4n) is 4.17. The summed E-state index contributed by atoms with van der Waals surface area (Å²) in [5.41, 5.74) is 2.09. The van der Waals surface area contributed by atoms with Crippen molar-refractivity contribution in [2.24, 2.45) is 5.92 Å². The Hall–Kier alpha value is -0.950. The lowest BCUT2D eigenvalue weighted by Crippen LogP contribution is -2.40. The molecule has 0 aromatic heterocycles. The van der Waals surface area contributed by atoms with Crippen molar-refractivity contribution in [2.45, 2.75) is 55.9 Å². The van der Waals surface area contributed by atoms with Crippen molar-refractivity contribution in [2.75, 3.05) is 19.6 Å². The van der Waals surface area contributed by atoms with Crippen molar-refractivity contribution in [1.29, 1.82) is 0 Å². The Bertz CT molecular complexity index is 694. The van der Waals surface area contributed by atoms with E-state index in [2.05, 4.69) is 15.9 Å². The van der Waals surface area contributed by atoms with Gasteiger partial charge in [-0.05, 0) is 74.4 Å². The summed E-state index contributed by atoms with van der Waals surface area (Å²) in [5, 5.41) is 0. The highest BCUT2D eigenvalue weighted by atomic mass is 79.9. The van der Waals surface area contributed by atoms with Crippen molar-refractivity contribution >= 4 is 21.7 Å². The molecule has 1 aliphatic carbocycles. The highest BCUT2D eigenvalue weighted by Crippen LogP contribution is 2.42. The maximum absolute atomic E-state index is 14.3. The van der Waals surface area contributed by atoms with Crippen molar-refractivity contribution in [3.63, 3.8) is 0 Å². The van der Waals surface area contributed by atoms with E-state index in [-0.39, 0.29) is 23.4 Å². The Kier molecular flexibility index (Phi) is 6.31. The molecule has 1 aliphatic heterocycles. The zero-order valence-electron chi connectivity index (χ0n) is 15.3. The largest absolute Gasteiger partial charge is 0.401 e. The molecular weight excluding hydrogens is 426 g/mol. The summed E-state index contributed by atoms with van der Waals surface area (Å²) in [5.74, 6) is -0.180. The molecule has 1 aromatic rings. The first-order chi connectivity index (χ1) is 12.7. The maximum Gasteiger partial charge on any atom is 0.401 e. The van der Waals surface area contributed by atoms with E-state index in [1.165, 1.54) is 11.0 Å². The summed E-state index contributed by atoms with van der Waals surface area (Å²) in [4.78, 5) is 13.6. The first-order valence-electron chi connectivity index (χ1n) is 9.43. The number of hydrogen-bond acceptors (Lipinski definition) is 2. The Morgan fingerprint density at radius 1 is 1.22 bits per heavy atom. The van der Waals surface area contributed by atoms with Gasteiger partial charge in [0.15, 0.2) is 5.78 Å². The van der Waals surface area contributed by atoms with Crippen LogP contribution in [0.2, 0.25) is 0 Å². The highest BCUT2D eigenvalue weighted by Gasteiger charge is 2.36. The smallest absolute Gasteiger partial charge is 0.298 e. The number of alkyl halides is 4. The number of ketones is 1. The molecule has 1 saturated heterocycles. The molecule has 1 aromatic carbocycles. The summed E-state index contributed by atoms with van der Waals surface area (Å²) >= 11 is 3.52. The highest BCUT2D eigenvalue weighted by molar-refractivity contribution is 9.09. The van der Waals surface area contributed by atoms with Gasteiger partial charge in [0.25, 0.3) is 0 Å². The van der Waals surface area contributed by atoms with Crippen molar-refractivity contribution in [3.8, 4) is 0 Å². The first kappa shape index (κ1) is 20.8. The summed E-state index contributed by atoms with van der Waals surface area (Å²) in [7, 11) is 0. The molecule has 150 valence electrons. The molecule has 0 spiro atoms. The number of carbonyl (C=O) groups is 1. The minimum Gasteiger partial charge on any atom is -0.298 e. The Labute approximate surface area is 165 Å². The van der Waals surface area contributed by atoms with Crippen LogP contribution in [0.5, 0.6) is 0 Å². The van der Waals surface area contributed by atoms with E-state index in [4.69, 9.17) is 0 Å². The van der Waals surface area contributed by atoms with Crippen LogP contribution in [-0.4, -0.2) is 36.5 Å². The quantitative estimate of drug-likeness (QED) is 0.425. The third-order valence-corrected chi connectivity index (χ3v) is 6.86. The molecule has 2 aliphatic rings. The third kappa shape index (κ3) is 4.73. The van der Waals surface area contributed by atoms with Gasteiger partial charge >= 0.3 is 6.18 Å². The fourth-order valence-corrected chi connectivity index (χ4v) is 4.95. The molecule has 0 amide bonds. The van der Waals surface area contributed by atoms with Gasteiger partial charge in [0.1, 0.15) is 5.82 Å². The summed E-state index contributed by atoms with van der Waals surface area (Å²) < 4.78 is 52.1. The third-order valence-electron chi connectivity index (χ3n) is 5.91. The van der Waals surface area contributed by atoms with E-state index < -0.39 is 17.5 Å². The van der Waals surface area contributed by atoms with Gasteiger partial charge < -0.3 is 0 Å². The van der Waals surface area contributed by atoms with Gasteiger partial charge in [0, 0.05) is 5.92 Å². The predicted octanol–water partition coefficient (Wildman–Crippen LogP) is 5.68. The average molecular weight is 450 g/mol. The number of Topliss-reactive ketones (excluding diaryl/α,β-unsaturated/α-hetero) is 1. The summed E-state index contributed by atoms with van der Waals surface area (Å²) in [6, 6.07) is 3.05. The van der Waals surface area contributed by atoms with Gasteiger partial charge in [0.2, 0.25) is 0 Å². The lowest BCUT2D eigenvalue weighted by atomic mass is 9.77. The SMILES string of the molecule is Cc1c(F)ccc(C(Br)C(=O)C2CCC2)c1C1CCN(CC(F)(F)F)CC1. The van der Waals surface area contributed by atoms with E-state index in [0.717, 1.165) is 30.4 Å². The van der Waals surface area contributed by atoms with Crippen molar-refractivity contribution in [1.82, 2.24) is 4.90 Å². The zero-order valence-corrected chi connectivity index (χ0v) is 16.9. The number of likely N-dealkylation sites (tertiary alicyclic amines) is 1. The van der Waals surface area contributed by atoms with E-state index in [9.17, 15) is 22.4 Å².